The summed E-state index contributed by atoms with van der Waals surface area (Å²) in [6.07, 6.45) is 1.54. The first kappa shape index (κ1) is 12.3. The number of rotatable bonds is 2. The quantitative estimate of drug-likeness (QED) is 0.864. The molecule has 0 unspecified atom stereocenters. The van der Waals surface area contributed by atoms with Gasteiger partial charge in [0.2, 0.25) is 0 Å². The molecule has 18 heavy (non-hydrogen) atoms. The van der Waals surface area contributed by atoms with Gasteiger partial charge in [0.05, 0.1) is 5.69 Å². The van der Waals surface area contributed by atoms with Crippen LogP contribution in [0.4, 0.5) is 5.82 Å². The Labute approximate surface area is 109 Å². The summed E-state index contributed by atoms with van der Waals surface area (Å²) in [5.74, 6) is 0.0719. The maximum Gasteiger partial charge on any atom is 0.269 e. The molecule has 0 aliphatic heterocycles. The Hall–Kier alpha value is -2.14. The number of nitrogens with one attached hydrogen (secondary N) is 1. The van der Waals surface area contributed by atoms with Crippen LogP contribution in [0.1, 0.15) is 10.5 Å². The third-order valence-corrected chi connectivity index (χ3v) is 2.54. The standard InChI is InChI=1S/C12H11ClN4O/c1-15-12(18)10-4-7(2-3-16-10)9-5-8(13)6-11(14)17-9/h2-6H,1H3,(H2,14,17)(H,15,18). The zero-order valence-electron chi connectivity index (χ0n) is 9.64. The van der Waals surface area contributed by atoms with E-state index in [1.807, 2.05) is 0 Å². The van der Waals surface area contributed by atoms with Gasteiger partial charge in [0.15, 0.2) is 0 Å². The fourth-order valence-electron chi connectivity index (χ4n) is 1.51. The summed E-state index contributed by atoms with van der Waals surface area (Å²) in [5.41, 5.74) is 7.28. The summed E-state index contributed by atoms with van der Waals surface area (Å²) in [5, 5.41) is 3.01. The average Bonchev–Trinajstić information content (AvgIpc) is 2.37. The molecule has 92 valence electrons. The fourth-order valence-corrected chi connectivity index (χ4v) is 1.72. The molecule has 2 heterocycles. The van der Waals surface area contributed by atoms with Crippen molar-refractivity contribution in [3.63, 3.8) is 0 Å². The van der Waals surface area contributed by atoms with Crippen LogP contribution < -0.4 is 11.1 Å². The van der Waals surface area contributed by atoms with Crippen LogP contribution in [0.5, 0.6) is 0 Å². The van der Waals surface area contributed by atoms with Gasteiger partial charge in [0.25, 0.3) is 5.91 Å². The summed E-state index contributed by atoms with van der Waals surface area (Å²) in [4.78, 5) is 19.6. The topological polar surface area (TPSA) is 80.9 Å². The van der Waals surface area contributed by atoms with Gasteiger partial charge in [0, 0.05) is 23.8 Å². The molecule has 0 spiro atoms. The van der Waals surface area contributed by atoms with Crippen molar-refractivity contribution in [2.45, 2.75) is 0 Å². The average molecular weight is 263 g/mol. The van der Waals surface area contributed by atoms with Crippen molar-refractivity contribution in [1.82, 2.24) is 15.3 Å². The number of aromatic nitrogens is 2. The number of amides is 1. The third kappa shape index (κ3) is 2.57. The van der Waals surface area contributed by atoms with E-state index in [2.05, 4.69) is 15.3 Å². The van der Waals surface area contributed by atoms with Crippen LogP contribution in [0, 0.1) is 0 Å². The van der Waals surface area contributed by atoms with Crippen LogP contribution >= 0.6 is 11.6 Å². The lowest BCUT2D eigenvalue weighted by Crippen LogP contribution is -2.19. The predicted octanol–water partition coefficient (Wildman–Crippen LogP) is 1.74. The van der Waals surface area contributed by atoms with E-state index in [-0.39, 0.29) is 5.91 Å². The van der Waals surface area contributed by atoms with Gasteiger partial charge >= 0.3 is 0 Å². The van der Waals surface area contributed by atoms with E-state index in [0.29, 0.717) is 22.2 Å². The van der Waals surface area contributed by atoms with E-state index in [4.69, 9.17) is 17.3 Å². The second kappa shape index (κ2) is 5.01. The number of hydrogen-bond donors (Lipinski definition) is 2. The Balaban J connectivity index is 2.47. The smallest absolute Gasteiger partial charge is 0.269 e. The summed E-state index contributed by atoms with van der Waals surface area (Å²) in [6, 6.07) is 6.62. The largest absolute Gasteiger partial charge is 0.384 e. The molecule has 3 N–H and O–H groups in total. The van der Waals surface area contributed by atoms with Crippen molar-refractivity contribution in [1.29, 1.82) is 0 Å². The minimum Gasteiger partial charge on any atom is -0.384 e. The highest BCUT2D eigenvalue weighted by molar-refractivity contribution is 6.31. The highest BCUT2D eigenvalue weighted by Crippen LogP contribution is 2.22. The van der Waals surface area contributed by atoms with Crippen molar-refractivity contribution in [2.24, 2.45) is 0 Å². The first-order valence-electron chi connectivity index (χ1n) is 5.21. The third-order valence-electron chi connectivity index (χ3n) is 2.33. The number of nitrogen functional groups attached to an aromatic ring is 1. The minimum atomic E-state index is -0.258. The summed E-state index contributed by atoms with van der Waals surface area (Å²) in [7, 11) is 1.55. The maximum atomic E-state index is 11.5. The molecule has 0 fully saturated rings. The Morgan fingerprint density at radius 2 is 2.17 bits per heavy atom. The lowest BCUT2D eigenvalue weighted by atomic mass is 10.1. The highest BCUT2D eigenvalue weighted by Gasteiger charge is 2.08. The molecule has 2 aromatic rings. The van der Waals surface area contributed by atoms with Crippen LogP contribution in [0.15, 0.2) is 30.5 Å². The van der Waals surface area contributed by atoms with Gasteiger partial charge in [0.1, 0.15) is 11.5 Å². The van der Waals surface area contributed by atoms with Crippen LogP contribution in [-0.4, -0.2) is 22.9 Å². The van der Waals surface area contributed by atoms with Crippen molar-refractivity contribution >= 4 is 23.3 Å². The number of anilines is 1. The molecule has 2 rings (SSSR count). The number of nitrogens with two attached hydrogens (primary N) is 1. The van der Waals surface area contributed by atoms with E-state index in [1.54, 1.807) is 37.5 Å². The Kier molecular flexibility index (Phi) is 3.43. The van der Waals surface area contributed by atoms with E-state index >= 15 is 0 Å². The Morgan fingerprint density at radius 3 is 2.83 bits per heavy atom. The van der Waals surface area contributed by atoms with Crippen molar-refractivity contribution in [2.75, 3.05) is 12.8 Å². The number of carbonyl (C=O) groups is 1. The number of halogens is 1. The molecule has 2 aromatic heterocycles. The predicted molar refractivity (Wildman–Crippen MR) is 70.3 cm³/mol. The van der Waals surface area contributed by atoms with Gasteiger partial charge < -0.3 is 11.1 Å². The Bertz CT molecular complexity index is 580. The monoisotopic (exact) mass is 262 g/mol. The fraction of sp³-hybridized carbons (Fsp3) is 0.0833. The summed E-state index contributed by atoms with van der Waals surface area (Å²) >= 11 is 5.91. The lowest BCUT2D eigenvalue weighted by Gasteiger charge is -2.05. The molecule has 0 radical (unpaired) electrons. The van der Waals surface area contributed by atoms with Gasteiger partial charge in [-0.25, -0.2) is 4.98 Å². The van der Waals surface area contributed by atoms with Gasteiger partial charge in [-0.05, 0) is 24.3 Å². The molecule has 0 aliphatic carbocycles. The second-order valence-electron chi connectivity index (χ2n) is 3.60. The van der Waals surface area contributed by atoms with Crippen LogP contribution in [0.2, 0.25) is 5.02 Å². The molecule has 0 saturated heterocycles. The van der Waals surface area contributed by atoms with E-state index in [1.165, 1.54) is 0 Å². The zero-order valence-corrected chi connectivity index (χ0v) is 10.4. The van der Waals surface area contributed by atoms with Crippen LogP contribution in [-0.2, 0) is 0 Å². The SMILES string of the molecule is CNC(=O)c1cc(-c2cc(Cl)cc(N)n2)ccn1. The molecule has 1 amide bonds. The molecular formula is C12H11ClN4O. The first-order valence-corrected chi connectivity index (χ1v) is 5.59. The molecule has 0 aliphatic rings. The summed E-state index contributed by atoms with van der Waals surface area (Å²) in [6.45, 7) is 0. The van der Waals surface area contributed by atoms with E-state index in [0.717, 1.165) is 5.56 Å². The van der Waals surface area contributed by atoms with Gasteiger partial charge in [-0.3, -0.25) is 9.78 Å². The number of pyridine rings is 2. The normalized spacial score (nSPS) is 10.1. The minimum absolute atomic E-state index is 0.258. The van der Waals surface area contributed by atoms with Crippen molar-refractivity contribution in [3.05, 3.63) is 41.2 Å². The van der Waals surface area contributed by atoms with Gasteiger partial charge in [-0.15, -0.1) is 0 Å². The highest BCUT2D eigenvalue weighted by atomic mass is 35.5. The molecule has 5 nitrogen and oxygen atoms in total. The number of hydrogen-bond acceptors (Lipinski definition) is 4. The lowest BCUT2D eigenvalue weighted by molar-refractivity contribution is 0.0958. The molecule has 0 bridgehead atoms. The number of carbonyl (C=O) groups excluding carboxylic acids is 1. The molecule has 0 saturated carbocycles. The molecule has 0 aromatic carbocycles. The first-order chi connectivity index (χ1) is 8.60. The molecule has 6 heteroatoms. The van der Waals surface area contributed by atoms with Gasteiger partial charge in [-0.2, -0.15) is 0 Å². The van der Waals surface area contributed by atoms with Gasteiger partial charge in [-0.1, -0.05) is 11.6 Å². The van der Waals surface area contributed by atoms with Crippen LogP contribution in [0.25, 0.3) is 11.3 Å². The molecule has 0 atom stereocenters. The Morgan fingerprint density at radius 1 is 1.39 bits per heavy atom. The summed E-state index contributed by atoms with van der Waals surface area (Å²) < 4.78 is 0. The molecular weight excluding hydrogens is 252 g/mol. The van der Waals surface area contributed by atoms with Crippen LogP contribution in [0.3, 0.4) is 0 Å². The van der Waals surface area contributed by atoms with E-state index < -0.39 is 0 Å². The zero-order chi connectivity index (χ0) is 13.1. The number of nitrogens with zero attached hydrogens (tertiary/aromatic N) is 2. The maximum absolute atomic E-state index is 11.5. The van der Waals surface area contributed by atoms with Crippen molar-refractivity contribution < 1.29 is 4.79 Å². The van der Waals surface area contributed by atoms with E-state index in [9.17, 15) is 4.79 Å². The second-order valence-corrected chi connectivity index (χ2v) is 4.04. The van der Waals surface area contributed by atoms with Crippen molar-refractivity contribution in [3.8, 4) is 11.3 Å².